The highest BCUT2D eigenvalue weighted by Gasteiger charge is 2.27. The van der Waals surface area contributed by atoms with Crippen LogP contribution in [0.4, 0.5) is 9.70 Å². The molecular formula is C11H15FN4O3S. The minimum atomic E-state index is -0.588. The minimum absolute atomic E-state index is 0.0445. The van der Waals surface area contributed by atoms with E-state index in [4.69, 9.17) is 0 Å². The quantitative estimate of drug-likeness (QED) is 0.727. The van der Waals surface area contributed by atoms with E-state index >= 15 is 0 Å². The van der Waals surface area contributed by atoms with E-state index in [2.05, 4.69) is 4.98 Å². The summed E-state index contributed by atoms with van der Waals surface area (Å²) in [4.78, 5) is 40.4. The van der Waals surface area contributed by atoms with Crippen LogP contribution in [0.15, 0.2) is 0 Å². The van der Waals surface area contributed by atoms with Crippen molar-refractivity contribution in [1.29, 1.82) is 0 Å². The van der Waals surface area contributed by atoms with Gasteiger partial charge in [0, 0.05) is 14.1 Å². The van der Waals surface area contributed by atoms with E-state index in [9.17, 15) is 18.3 Å². The van der Waals surface area contributed by atoms with Crippen LogP contribution in [0.2, 0.25) is 0 Å². The molecule has 7 nitrogen and oxygen atoms in total. The summed E-state index contributed by atoms with van der Waals surface area (Å²) in [6.45, 7) is 2.75. The van der Waals surface area contributed by atoms with Crippen LogP contribution in [-0.4, -0.2) is 52.6 Å². The van der Waals surface area contributed by atoms with Crippen molar-refractivity contribution >= 4 is 36.3 Å². The van der Waals surface area contributed by atoms with Crippen LogP contribution >= 0.6 is 12.3 Å². The number of carbonyl (C=O) groups excluding carboxylic acids is 3. The summed E-state index contributed by atoms with van der Waals surface area (Å²) in [6, 6.07) is 0. The molecule has 20 heavy (non-hydrogen) atoms. The van der Waals surface area contributed by atoms with Crippen molar-refractivity contribution in [2.24, 2.45) is 0 Å². The molecular weight excluding hydrogens is 287 g/mol. The summed E-state index contributed by atoms with van der Waals surface area (Å²) >= 11 is -0.185. The van der Waals surface area contributed by atoms with Crippen LogP contribution in [0.25, 0.3) is 0 Å². The molecule has 9 heteroatoms. The second-order valence-corrected chi connectivity index (χ2v) is 4.78. The van der Waals surface area contributed by atoms with Crippen molar-refractivity contribution < 1.29 is 18.3 Å². The lowest BCUT2D eigenvalue weighted by Gasteiger charge is -2.17. The van der Waals surface area contributed by atoms with Crippen LogP contribution in [0.3, 0.4) is 0 Å². The number of ketones is 1. The number of aromatic nitrogens is 2. The molecule has 0 unspecified atom stereocenters. The van der Waals surface area contributed by atoms with E-state index in [1.165, 1.54) is 27.9 Å². The summed E-state index contributed by atoms with van der Waals surface area (Å²) in [7, 11) is 2.83. The van der Waals surface area contributed by atoms with Gasteiger partial charge in [-0.2, -0.15) is 0 Å². The third-order valence-electron chi connectivity index (χ3n) is 2.55. The van der Waals surface area contributed by atoms with Gasteiger partial charge in [0.1, 0.15) is 11.6 Å². The number of aryl methyl sites for hydroxylation is 1. The molecule has 2 amide bonds. The molecule has 1 aromatic rings. The van der Waals surface area contributed by atoms with Gasteiger partial charge in [0.05, 0.1) is 6.54 Å². The van der Waals surface area contributed by atoms with E-state index in [0.717, 1.165) is 13.8 Å². The van der Waals surface area contributed by atoms with E-state index in [1.54, 1.807) is 0 Å². The number of carbonyl (C=O) groups is 3. The molecule has 0 aliphatic rings. The number of imidazole rings is 1. The fourth-order valence-corrected chi connectivity index (χ4v) is 2.02. The van der Waals surface area contributed by atoms with Crippen molar-refractivity contribution in [2.45, 2.75) is 13.8 Å². The second kappa shape index (κ2) is 6.51. The largest absolute Gasteiger partial charge is 0.333 e. The Morgan fingerprint density at radius 1 is 1.45 bits per heavy atom. The lowest BCUT2D eigenvalue weighted by molar-refractivity contribution is -0.117. The summed E-state index contributed by atoms with van der Waals surface area (Å²) in [6.07, 6.45) is 0.469. The predicted molar refractivity (Wildman–Crippen MR) is 73.2 cm³/mol. The van der Waals surface area contributed by atoms with Gasteiger partial charge in [-0.15, -0.1) is 3.89 Å². The van der Waals surface area contributed by atoms with Crippen molar-refractivity contribution in [2.75, 3.05) is 25.5 Å². The monoisotopic (exact) mass is 302 g/mol. The first kappa shape index (κ1) is 16.2. The zero-order chi connectivity index (χ0) is 15.4. The Morgan fingerprint density at radius 3 is 2.50 bits per heavy atom. The second-order valence-electron chi connectivity index (χ2n) is 4.27. The molecule has 0 radical (unpaired) electrons. The van der Waals surface area contributed by atoms with Crippen molar-refractivity contribution in [3.8, 4) is 0 Å². The lowest BCUT2D eigenvalue weighted by atomic mass is 10.3. The van der Waals surface area contributed by atoms with Crippen LogP contribution < -0.4 is 4.90 Å². The molecule has 0 aliphatic carbocycles. The van der Waals surface area contributed by atoms with Gasteiger partial charge in [0.25, 0.3) is 5.91 Å². The number of anilines is 1. The summed E-state index contributed by atoms with van der Waals surface area (Å²) in [5.74, 6) is -0.514. The molecule has 0 aliphatic heterocycles. The van der Waals surface area contributed by atoms with Gasteiger partial charge in [-0.25, -0.2) is 8.96 Å². The summed E-state index contributed by atoms with van der Waals surface area (Å²) < 4.78 is 14.0. The topological polar surface area (TPSA) is 75.5 Å². The molecule has 1 aromatic heterocycles. The summed E-state index contributed by atoms with van der Waals surface area (Å²) in [5, 5.41) is 0. The number of halogens is 1. The standard InChI is InChI=1S/C11H15FN4O3S/c1-7(18)5-14(3)11(19)9-10(15(4)6-17)13-8(2)16(9)20-12/h6H,5H2,1-4H3. The van der Waals surface area contributed by atoms with E-state index in [1.807, 2.05) is 0 Å². The van der Waals surface area contributed by atoms with Gasteiger partial charge in [0.15, 0.2) is 23.8 Å². The molecule has 0 spiro atoms. The third-order valence-corrected chi connectivity index (χ3v) is 3.13. The van der Waals surface area contributed by atoms with Gasteiger partial charge in [-0.1, -0.05) is 0 Å². The van der Waals surface area contributed by atoms with E-state index in [-0.39, 0.29) is 42.0 Å². The number of likely N-dealkylation sites (N-methyl/N-ethyl adjacent to an activating group) is 1. The maximum atomic E-state index is 13.0. The van der Waals surface area contributed by atoms with Gasteiger partial charge < -0.3 is 9.80 Å². The molecule has 0 N–H and O–H groups in total. The number of nitrogens with zero attached hydrogens (tertiary/aromatic N) is 4. The van der Waals surface area contributed by atoms with Crippen LogP contribution in [0.5, 0.6) is 0 Å². The molecule has 0 bridgehead atoms. The Kier molecular flexibility index (Phi) is 5.26. The maximum absolute atomic E-state index is 13.0. The molecule has 0 atom stereocenters. The zero-order valence-corrected chi connectivity index (χ0v) is 12.4. The smallest absolute Gasteiger partial charge is 0.275 e. The number of hydrogen-bond acceptors (Lipinski definition) is 5. The maximum Gasteiger partial charge on any atom is 0.275 e. The van der Waals surface area contributed by atoms with Crippen LogP contribution in [0.1, 0.15) is 23.2 Å². The van der Waals surface area contributed by atoms with Crippen LogP contribution in [-0.2, 0) is 9.59 Å². The van der Waals surface area contributed by atoms with Gasteiger partial charge >= 0.3 is 0 Å². The summed E-state index contributed by atoms with van der Waals surface area (Å²) in [5.41, 5.74) is -0.0895. The molecule has 1 rings (SSSR count). The highest BCUT2D eigenvalue weighted by atomic mass is 32.2. The highest BCUT2D eigenvalue weighted by Crippen LogP contribution is 2.26. The SMILES string of the molecule is CC(=O)CN(C)C(=O)c1c(N(C)C=O)nc(C)n1SF. The molecule has 0 fully saturated rings. The number of amides is 2. The molecule has 110 valence electrons. The van der Waals surface area contributed by atoms with Crippen LogP contribution in [0, 0.1) is 6.92 Å². The van der Waals surface area contributed by atoms with Gasteiger partial charge in [0.2, 0.25) is 6.41 Å². The Hall–Kier alpha value is -1.90. The van der Waals surface area contributed by atoms with E-state index in [0.29, 0.717) is 6.41 Å². The van der Waals surface area contributed by atoms with Crippen molar-refractivity contribution in [1.82, 2.24) is 13.9 Å². The van der Waals surface area contributed by atoms with Crippen molar-refractivity contribution in [3.63, 3.8) is 0 Å². The first-order valence-corrected chi connectivity index (χ1v) is 6.32. The minimum Gasteiger partial charge on any atom is -0.333 e. The zero-order valence-electron chi connectivity index (χ0n) is 11.6. The van der Waals surface area contributed by atoms with E-state index < -0.39 is 5.91 Å². The number of hydrogen-bond donors (Lipinski definition) is 0. The Bertz CT molecular complexity index is 546. The molecule has 0 aromatic carbocycles. The third kappa shape index (κ3) is 3.16. The first-order chi connectivity index (χ1) is 9.33. The Morgan fingerprint density at radius 2 is 2.05 bits per heavy atom. The lowest BCUT2D eigenvalue weighted by Crippen LogP contribution is -2.33. The average molecular weight is 302 g/mol. The fraction of sp³-hybridized carbons (Fsp3) is 0.455. The predicted octanol–water partition coefficient (Wildman–Crippen LogP) is 0.826. The molecule has 0 saturated heterocycles. The Balaban J connectivity index is 3.29. The fourth-order valence-electron chi connectivity index (χ4n) is 1.65. The van der Waals surface area contributed by atoms with Gasteiger partial charge in [-0.05, 0) is 13.8 Å². The molecule has 0 saturated carbocycles. The number of Topliss-reactive ketones (excluding diaryl/α,β-unsaturated/α-hetero) is 1. The first-order valence-electron chi connectivity index (χ1n) is 5.64. The number of rotatable bonds is 6. The highest BCUT2D eigenvalue weighted by molar-refractivity contribution is 7.92. The van der Waals surface area contributed by atoms with Gasteiger partial charge in [-0.3, -0.25) is 14.4 Å². The normalized spacial score (nSPS) is 10.2. The Labute approximate surface area is 120 Å². The average Bonchev–Trinajstić information content (AvgIpc) is 2.72. The molecule has 1 heterocycles. The van der Waals surface area contributed by atoms with Crippen molar-refractivity contribution in [3.05, 3.63) is 11.5 Å².